The maximum atomic E-state index is 12.2. The number of nitrogens with zero attached hydrogens (tertiary/aromatic N) is 1. The molecule has 0 aromatic heterocycles. The summed E-state index contributed by atoms with van der Waals surface area (Å²) < 4.78 is 5.32. The van der Waals surface area contributed by atoms with E-state index in [1.165, 1.54) is 0 Å². The third-order valence-electron chi connectivity index (χ3n) is 3.41. The average Bonchev–Trinajstić information content (AvgIpc) is 2.44. The van der Waals surface area contributed by atoms with Gasteiger partial charge in [-0.3, -0.25) is 9.69 Å². The van der Waals surface area contributed by atoms with Gasteiger partial charge in [-0.15, -0.1) is 0 Å². The van der Waals surface area contributed by atoms with Crippen LogP contribution in [0, 0.1) is 0 Å². The van der Waals surface area contributed by atoms with E-state index in [2.05, 4.69) is 5.32 Å². The molecular weight excluding hydrogens is 280 g/mol. The molecule has 0 heterocycles. The second-order valence-electron chi connectivity index (χ2n) is 6.15. The molecule has 1 amide bonds. The zero-order chi connectivity index (χ0) is 16.8. The molecule has 1 aromatic carbocycles. The summed E-state index contributed by atoms with van der Waals surface area (Å²) in [4.78, 5) is 14.1. The SMILES string of the molecule is CCN(CC(=O)NC(C)c1ccccc1OC)CC(C)(C)O. The van der Waals surface area contributed by atoms with Crippen LogP contribution in [0.2, 0.25) is 0 Å². The zero-order valence-electron chi connectivity index (χ0n) is 14.2. The number of hydrogen-bond acceptors (Lipinski definition) is 4. The minimum Gasteiger partial charge on any atom is -0.496 e. The topological polar surface area (TPSA) is 61.8 Å². The fourth-order valence-corrected chi connectivity index (χ4v) is 2.42. The van der Waals surface area contributed by atoms with Gasteiger partial charge in [-0.05, 0) is 33.4 Å². The lowest BCUT2D eigenvalue weighted by atomic mass is 10.1. The highest BCUT2D eigenvalue weighted by molar-refractivity contribution is 5.78. The molecule has 0 spiro atoms. The second-order valence-corrected chi connectivity index (χ2v) is 6.15. The molecule has 124 valence electrons. The van der Waals surface area contributed by atoms with Gasteiger partial charge in [-0.1, -0.05) is 25.1 Å². The lowest BCUT2D eigenvalue weighted by Crippen LogP contribution is -2.44. The summed E-state index contributed by atoms with van der Waals surface area (Å²) in [5.74, 6) is 0.698. The molecule has 0 saturated carbocycles. The molecule has 1 rings (SSSR count). The minimum absolute atomic E-state index is 0.0653. The highest BCUT2D eigenvalue weighted by Crippen LogP contribution is 2.24. The van der Waals surface area contributed by atoms with Crippen LogP contribution in [0.4, 0.5) is 0 Å². The molecule has 0 aliphatic rings. The Hall–Kier alpha value is -1.59. The van der Waals surface area contributed by atoms with Crippen LogP contribution in [0.3, 0.4) is 0 Å². The predicted molar refractivity (Wildman–Crippen MR) is 88.0 cm³/mol. The van der Waals surface area contributed by atoms with E-state index in [9.17, 15) is 9.90 Å². The standard InChI is InChI=1S/C17H28N2O3/c1-6-19(12-17(3,4)21)11-16(20)18-13(2)14-9-7-8-10-15(14)22-5/h7-10,13,21H,6,11-12H2,1-5H3,(H,18,20). The number of carbonyl (C=O) groups excluding carboxylic acids is 1. The van der Waals surface area contributed by atoms with E-state index in [1.807, 2.05) is 43.0 Å². The summed E-state index contributed by atoms with van der Waals surface area (Å²) in [6, 6.07) is 7.51. The van der Waals surface area contributed by atoms with Gasteiger partial charge in [0.15, 0.2) is 0 Å². The van der Waals surface area contributed by atoms with E-state index in [0.717, 1.165) is 11.3 Å². The van der Waals surface area contributed by atoms with Crippen molar-refractivity contribution in [3.05, 3.63) is 29.8 Å². The Morgan fingerprint density at radius 3 is 2.59 bits per heavy atom. The smallest absolute Gasteiger partial charge is 0.234 e. The van der Waals surface area contributed by atoms with Crippen LogP contribution in [-0.4, -0.2) is 48.3 Å². The van der Waals surface area contributed by atoms with Gasteiger partial charge in [-0.2, -0.15) is 0 Å². The van der Waals surface area contributed by atoms with Crippen molar-refractivity contribution < 1.29 is 14.6 Å². The Kier molecular flexibility index (Phi) is 6.84. The number of amides is 1. The summed E-state index contributed by atoms with van der Waals surface area (Å²) in [7, 11) is 1.62. The number of methoxy groups -OCH3 is 1. The Balaban J connectivity index is 2.63. The molecule has 1 unspecified atom stereocenters. The largest absolute Gasteiger partial charge is 0.496 e. The van der Waals surface area contributed by atoms with Crippen LogP contribution in [0.25, 0.3) is 0 Å². The van der Waals surface area contributed by atoms with Crippen molar-refractivity contribution >= 4 is 5.91 Å². The first-order chi connectivity index (χ1) is 10.3. The summed E-state index contributed by atoms with van der Waals surface area (Å²) in [6.45, 7) is 8.82. The number of benzene rings is 1. The van der Waals surface area contributed by atoms with E-state index in [0.29, 0.717) is 13.1 Å². The Bertz CT molecular complexity index is 483. The van der Waals surface area contributed by atoms with Crippen molar-refractivity contribution in [3.8, 4) is 5.75 Å². The molecule has 22 heavy (non-hydrogen) atoms. The third kappa shape index (κ3) is 6.03. The fourth-order valence-electron chi connectivity index (χ4n) is 2.42. The van der Waals surface area contributed by atoms with Crippen LogP contribution in [0.1, 0.15) is 39.3 Å². The molecular formula is C17H28N2O3. The average molecular weight is 308 g/mol. The van der Waals surface area contributed by atoms with Gasteiger partial charge in [0.2, 0.25) is 5.91 Å². The minimum atomic E-state index is -0.815. The molecule has 5 nitrogen and oxygen atoms in total. The van der Waals surface area contributed by atoms with Crippen molar-refractivity contribution in [3.63, 3.8) is 0 Å². The van der Waals surface area contributed by atoms with Gasteiger partial charge in [0, 0.05) is 12.1 Å². The maximum Gasteiger partial charge on any atom is 0.234 e. The molecule has 0 aliphatic heterocycles. The lowest BCUT2D eigenvalue weighted by molar-refractivity contribution is -0.123. The van der Waals surface area contributed by atoms with E-state index in [-0.39, 0.29) is 18.5 Å². The fraction of sp³-hybridized carbons (Fsp3) is 0.588. The summed E-state index contributed by atoms with van der Waals surface area (Å²) in [5.41, 5.74) is 0.133. The quantitative estimate of drug-likeness (QED) is 0.771. The molecule has 2 N–H and O–H groups in total. The number of nitrogens with one attached hydrogen (secondary N) is 1. The van der Waals surface area contributed by atoms with E-state index in [1.54, 1.807) is 21.0 Å². The molecule has 1 atom stereocenters. The van der Waals surface area contributed by atoms with Crippen LogP contribution in [0.15, 0.2) is 24.3 Å². The summed E-state index contributed by atoms with van der Waals surface area (Å²) in [5, 5.41) is 12.8. The summed E-state index contributed by atoms with van der Waals surface area (Å²) >= 11 is 0. The van der Waals surface area contributed by atoms with Crippen molar-refractivity contribution in [2.45, 2.75) is 39.3 Å². The number of ether oxygens (including phenoxy) is 1. The first kappa shape index (κ1) is 18.5. The van der Waals surface area contributed by atoms with Crippen LogP contribution in [0.5, 0.6) is 5.75 Å². The Labute approximate surface area is 133 Å². The van der Waals surface area contributed by atoms with Crippen molar-refractivity contribution in [2.24, 2.45) is 0 Å². The van der Waals surface area contributed by atoms with Gasteiger partial charge in [0.1, 0.15) is 5.75 Å². The summed E-state index contributed by atoms with van der Waals surface area (Å²) in [6.07, 6.45) is 0. The molecule has 5 heteroatoms. The highest BCUT2D eigenvalue weighted by Gasteiger charge is 2.20. The van der Waals surface area contributed by atoms with E-state index >= 15 is 0 Å². The Morgan fingerprint density at radius 1 is 1.41 bits per heavy atom. The van der Waals surface area contributed by atoms with E-state index < -0.39 is 5.60 Å². The van der Waals surface area contributed by atoms with Gasteiger partial charge in [-0.25, -0.2) is 0 Å². The van der Waals surface area contributed by atoms with Crippen molar-refractivity contribution in [2.75, 3.05) is 26.7 Å². The highest BCUT2D eigenvalue weighted by atomic mass is 16.5. The number of likely N-dealkylation sites (N-methyl/N-ethyl adjacent to an activating group) is 1. The normalized spacial score (nSPS) is 13.0. The molecule has 0 bridgehead atoms. The van der Waals surface area contributed by atoms with Crippen LogP contribution in [-0.2, 0) is 4.79 Å². The van der Waals surface area contributed by atoms with E-state index in [4.69, 9.17) is 4.74 Å². The monoisotopic (exact) mass is 308 g/mol. The number of para-hydroxylation sites is 1. The lowest BCUT2D eigenvalue weighted by Gasteiger charge is -2.28. The second kappa shape index (κ2) is 8.15. The molecule has 0 aliphatic carbocycles. The third-order valence-corrected chi connectivity index (χ3v) is 3.41. The molecule has 0 fully saturated rings. The van der Waals surface area contributed by atoms with Gasteiger partial charge < -0.3 is 15.2 Å². The van der Waals surface area contributed by atoms with Gasteiger partial charge in [0.25, 0.3) is 0 Å². The van der Waals surface area contributed by atoms with Gasteiger partial charge >= 0.3 is 0 Å². The van der Waals surface area contributed by atoms with Crippen LogP contribution < -0.4 is 10.1 Å². The van der Waals surface area contributed by atoms with Crippen molar-refractivity contribution in [1.29, 1.82) is 0 Å². The van der Waals surface area contributed by atoms with Crippen LogP contribution >= 0.6 is 0 Å². The number of aliphatic hydroxyl groups is 1. The van der Waals surface area contributed by atoms with Gasteiger partial charge in [0.05, 0.1) is 25.3 Å². The molecule has 0 saturated heterocycles. The van der Waals surface area contributed by atoms with Crippen molar-refractivity contribution in [1.82, 2.24) is 10.2 Å². The number of rotatable bonds is 8. The Morgan fingerprint density at radius 2 is 2.05 bits per heavy atom. The first-order valence-corrected chi connectivity index (χ1v) is 7.64. The zero-order valence-corrected chi connectivity index (χ0v) is 14.2. The number of hydrogen-bond donors (Lipinski definition) is 2. The first-order valence-electron chi connectivity index (χ1n) is 7.64. The molecule has 1 aromatic rings. The predicted octanol–water partition coefficient (Wildman–Crippen LogP) is 1.97. The number of carbonyl (C=O) groups is 1. The maximum absolute atomic E-state index is 12.2. The molecule has 0 radical (unpaired) electrons.